The van der Waals surface area contributed by atoms with Gasteiger partial charge in [0.25, 0.3) is 0 Å². The molecule has 0 saturated heterocycles. The van der Waals surface area contributed by atoms with E-state index >= 15 is 0 Å². The molecule has 0 amide bonds. The maximum Gasteiger partial charge on any atom is 0.0686 e. The number of rotatable bonds is 3. The van der Waals surface area contributed by atoms with E-state index in [0.717, 1.165) is 0 Å². The van der Waals surface area contributed by atoms with Gasteiger partial charge in [0, 0.05) is 5.71 Å². The molecule has 1 aromatic carbocycles. The molecule has 0 fully saturated rings. The van der Waals surface area contributed by atoms with Gasteiger partial charge in [-0.3, -0.25) is 4.99 Å². The second-order valence-electron chi connectivity index (χ2n) is 4.65. The van der Waals surface area contributed by atoms with Gasteiger partial charge in [0.15, 0.2) is 0 Å². The first-order chi connectivity index (χ1) is 7.75. The molecule has 84 valence electrons. The van der Waals surface area contributed by atoms with Gasteiger partial charge in [-0.1, -0.05) is 56.3 Å². The van der Waals surface area contributed by atoms with Gasteiger partial charge in [-0.05, 0) is 24.3 Å². The zero-order valence-corrected chi connectivity index (χ0v) is 10.1. The molecule has 1 aliphatic rings. The second-order valence-corrected chi connectivity index (χ2v) is 4.65. The van der Waals surface area contributed by atoms with Crippen LogP contribution in [0.25, 0.3) is 6.08 Å². The van der Waals surface area contributed by atoms with Crippen LogP contribution < -0.4 is 0 Å². The molecular weight excluding hydrogens is 194 g/mol. The zero-order valence-electron chi connectivity index (χ0n) is 10.1. The quantitative estimate of drug-likeness (QED) is 0.720. The summed E-state index contributed by atoms with van der Waals surface area (Å²) in [5.74, 6) is 0.607. The Bertz CT molecular complexity index is 387. The minimum atomic E-state index is 0.401. The summed E-state index contributed by atoms with van der Waals surface area (Å²) in [4.78, 5) is 4.73. The Labute approximate surface area is 97.9 Å². The maximum absolute atomic E-state index is 4.73. The van der Waals surface area contributed by atoms with Crippen LogP contribution >= 0.6 is 0 Å². The van der Waals surface area contributed by atoms with Gasteiger partial charge in [0.05, 0.1) is 6.04 Å². The lowest BCUT2D eigenvalue weighted by atomic mass is 10.0. The molecule has 0 aliphatic carbocycles. The average Bonchev–Trinajstić information content (AvgIpc) is 2.76. The number of benzene rings is 1. The summed E-state index contributed by atoms with van der Waals surface area (Å²) in [6, 6.07) is 10.8. The third kappa shape index (κ3) is 2.82. The Morgan fingerprint density at radius 3 is 2.62 bits per heavy atom. The Kier molecular flexibility index (Phi) is 3.55. The van der Waals surface area contributed by atoms with Crippen molar-refractivity contribution in [2.24, 2.45) is 10.9 Å². The lowest BCUT2D eigenvalue weighted by Gasteiger charge is -2.01. The monoisotopic (exact) mass is 213 g/mol. The summed E-state index contributed by atoms with van der Waals surface area (Å²) in [6.07, 6.45) is 6.75. The van der Waals surface area contributed by atoms with Gasteiger partial charge in [-0.25, -0.2) is 0 Å². The van der Waals surface area contributed by atoms with Crippen LogP contribution in [0.15, 0.2) is 41.4 Å². The first kappa shape index (κ1) is 11.1. The molecule has 2 rings (SSSR count). The molecule has 1 nitrogen and oxygen atoms in total. The normalized spacial score (nSPS) is 20.7. The molecule has 0 radical (unpaired) electrons. The van der Waals surface area contributed by atoms with Crippen molar-refractivity contribution in [1.82, 2.24) is 0 Å². The molecule has 0 N–H and O–H groups in total. The fraction of sp³-hybridized carbons (Fsp3) is 0.400. The van der Waals surface area contributed by atoms with Crippen LogP contribution in [0.2, 0.25) is 0 Å². The summed E-state index contributed by atoms with van der Waals surface area (Å²) in [6.45, 7) is 4.45. The highest BCUT2D eigenvalue weighted by Crippen LogP contribution is 2.19. The third-order valence-corrected chi connectivity index (χ3v) is 3.00. The van der Waals surface area contributed by atoms with Crippen molar-refractivity contribution in [1.29, 1.82) is 0 Å². The van der Waals surface area contributed by atoms with E-state index in [-0.39, 0.29) is 0 Å². The first-order valence-corrected chi connectivity index (χ1v) is 6.05. The Morgan fingerprint density at radius 1 is 1.25 bits per heavy atom. The zero-order chi connectivity index (χ0) is 11.4. The highest BCUT2D eigenvalue weighted by atomic mass is 14.8. The largest absolute Gasteiger partial charge is 0.286 e. The van der Waals surface area contributed by atoms with Crippen molar-refractivity contribution < 1.29 is 0 Å². The van der Waals surface area contributed by atoms with Crippen LogP contribution in [-0.2, 0) is 0 Å². The molecule has 1 aliphatic heterocycles. The van der Waals surface area contributed by atoms with E-state index in [4.69, 9.17) is 4.99 Å². The molecule has 0 bridgehead atoms. The third-order valence-electron chi connectivity index (χ3n) is 3.00. The summed E-state index contributed by atoms with van der Waals surface area (Å²) in [5.41, 5.74) is 2.64. The summed E-state index contributed by atoms with van der Waals surface area (Å²) in [5, 5.41) is 0. The first-order valence-electron chi connectivity index (χ1n) is 6.05. The predicted molar refractivity (Wildman–Crippen MR) is 70.8 cm³/mol. The van der Waals surface area contributed by atoms with Crippen molar-refractivity contribution in [3.05, 3.63) is 42.0 Å². The Hall–Kier alpha value is -1.37. The summed E-state index contributed by atoms with van der Waals surface area (Å²) < 4.78 is 0. The van der Waals surface area contributed by atoms with Crippen LogP contribution in [-0.4, -0.2) is 11.8 Å². The van der Waals surface area contributed by atoms with Crippen LogP contribution in [0.3, 0.4) is 0 Å². The Balaban J connectivity index is 1.99. The SMILES string of the molecule is CC(C)C1=NC(/C=C/c2ccccc2)CC1. The lowest BCUT2D eigenvalue weighted by molar-refractivity contribution is 0.807. The topological polar surface area (TPSA) is 12.4 Å². The van der Waals surface area contributed by atoms with Crippen LogP contribution in [0.4, 0.5) is 0 Å². The van der Waals surface area contributed by atoms with Crippen molar-refractivity contribution >= 4 is 11.8 Å². The van der Waals surface area contributed by atoms with Gasteiger partial charge in [0.1, 0.15) is 0 Å². The highest BCUT2D eigenvalue weighted by Gasteiger charge is 2.16. The number of hydrogen-bond donors (Lipinski definition) is 0. The molecule has 0 spiro atoms. The van der Waals surface area contributed by atoms with E-state index in [1.165, 1.54) is 24.1 Å². The molecule has 0 saturated carbocycles. The molecule has 1 unspecified atom stereocenters. The van der Waals surface area contributed by atoms with E-state index < -0.39 is 0 Å². The van der Waals surface area contributed by atoms with Gasteiger partial charge in [-0.15, -0.1) is 0 Å². The Morgan fingerprint density at radius 2 is 2.00 bits per heavy atom. The van der Waals surface area contributed by atoms with E-state index in [0.29, 0.717) is 12.0 Å². The second kappa shape index (κ2) is 5.11. The fourth-order valence-corrected chi connectivity index (χ4v) is 2.00. The molecule has 1 heterocycles. The summed E-state index contributed by atoms with van der Waals surface area (Å²) >= 11 is 0. The maximum atomic E-state index is 4.73. The fourth-order valence-electron chi connectivity index (χ4n) is 2.00. The standard InChI is InChI=1S/C15H19N/c1-12(2)15-11-10-14(16-15)9-8-13-6-4-3-5-7-13/h3-9,12,14H,10-11H2,1-2H3/b9-8+. The van der Waals surface area contributed by atoms with E-state index in [1.54, 1.807) is 0 Å². The van der Waals surface area contributed by atoms with Crippen LogP contribution in [0.1, 0.15) is 32.3 Å². The van der Waals surface area contributed by atoms with Gasteiger partial charge in [-0.2, -0.15) is 0 Å². The van der Waals surface area contributed by atoms with Gasteiger partial charge in [0.2, 0.25) is 0 Å². The van der Waals surface area contributed by atoms with Crippen LogP contribution in [0.5, 0.6) is 0 Å². The predicted octanol–water partition coefficient (Wildman–Crippen LogP) is 3.96. The van der Waals surface area contributed by atoms with Gasteiger partial charge >= 0.3 is 0 Å². The average molecular weight is 213 g/mol. The van der Waals surface area contributed by atoms with E-state index in [2.05, 4.69) is 50.3 Å². The summed E-state index contributed by atoms with van der Waals surface area (Å²) in [7, 11) is 0. The number of nitrogens with zero attached hydrogens (tertiary/aromatic N) is 1. The van der Waals surface area contributed by atoms with Gasteiger partial charge < -0.3 is 0 Å². The lowest BCUT2D eigenvalue weighted by Crippen LogP contribution is -2.02. The molecule has 1 aromatic rings. The van der Waals surface area contributed by atoms with E-state index in [9.17, 15) is 0 Å². The molecule has 16 heavy (non-hydrogen) atoms. The minimum absolute atomic E-state index is 0.401. The molecular formula is C15H19N. The minimum Gasteiger partial charge on any atom is -0.286 e. The highest BCUT2D eigenvalue weighted by molar-refractivity contribution is 5.88. The smallest absolute Gasteiger partial charge is 0.0686 e. The molecule has 1 heteroatoms. The number of aliphatic imine (C=N–C) groups is 1. The van der Waals surface area contributed by atoms with Crippen molar-refractivity contribution in [3.63, 3.8) is 0 Å². The van der Waals surface area contributed by atoms with Crippen LogP contribution in [0, 0.1) is 5.92 Å². The number of hydrogen-bond acceptors (Lipinski definition) is 1. The molecule has 1 atom stereocenters. The van der Waals surface area contributed by atoms with Crippen molar-refractivity contribution in [2.45, 2.75) is 32.7 Å². The van der Waals surface area contributed by atoms with Crippen molar-refractivity contribution in [3.8, 4) is 0 Å². The molecule has 0 aromatic heterocycles. The van der Waals surface area contributed by atoms with Crippen molar-refractivity contribution in [2.75, 3.05) is 0 Å². The van der Waals surface area contributed by atoms with E-state index in [1.807, 2.05) is 6.07 Å².